The highest BCUT2D eigenvalue weighted by Gasteiger charge is 2.31. The van der Waals surface area contributed by atoms with Gasteiger partial charge in [0.25, 0.3) is 0 Å². The maximum Gasteiger partial charge on any atom is 0.433 e. The molecule has 1 heterocycles. The number of nitrogens with zero attached hydrogens (tertiary/aromatic N) is 1. The van der Waals surface area contributed by atoms with Gasteiger partial charge in [-0.2, -0.15) is 13.2 Å². The molecule has 13 heavy (non-hydrogen) atoms. The largest absolute Gasteiger partial charge is 0.433 e. The highest BCUT2D eigenvalue weighted by Crippen LogP contribution is 2.27. The number of hydrogen-bond acceptors (Lipinski definition) is 1. The fourth-order valence-electron chi connectivity index (χ4n) is 1.03. The number of alkyl halides is 3. The van der Waals surface area contributed by atoms with Crippen molar-refractivity contribution in [3.05, 3.63) is 29.6 Å². The number of pyridine rings is 1. The lowest BCUT2D eigenvalue weighted by Gasteiger charge is -2.05. The van der Waals surface area contributed by atoms with Crippen LogP contribution < -0.4 is 0 Å². The van der Waals surface area contributed by atoms with Crippen LogP contribution in [0.1, 0.15) is 24.6 Å². The van der Waals surface area contributed by atoms with E-state index in [0.717, 1.165) is 24.5 Å². The molecule has 0 aromatic carbocycles. The minimum atomic E-state index is -4.33. The van der Waals surface area contributed by atoms with Gasteiger partial charge in [-0.3, -0.25) is 4.98 Å². The molecule has 0 saturated heterocycles. The summed E-state index contributed by atoms with van der Waals surface area (Å²) < 4.78 is 36.1. The molecule has 0 saturated carbocycles. The second kappa shape index (κ2) is 3.77. The molecule has 0 atom stereocenters. The summed E-state index contributed by atoms with van der Waals surface area (Å²) in [5.74, 6) is 0. The van der Waals surface area contributed by atoms with Gasteiger partial charge >= 0.3 is 6.18 Å². The lowest BCUT2D eigenvalue weighted by atomic mass is 10.1. The molecule has 1 rings (SSSR count). The van der Waals surface area contributed by atoms with E-state index in [1.54, 1.807) is 0 Å². The first-order valence-corrected chi connectivity index (χ1v) is 4.06. The van der Waals surface area contributed by atoms with Crippen molar-refractivity contribution >= 4 is 0 Å². The van der Waals surface area contributed by atoms with Gasteiger partial charge in [-0.05, 0) is 18.1 Å². The lowest BCUT2D eigenvalue weighted by molar-refractivity contribution is -0.141. The van der Waals surface area contributed by atoms with Gasteiger partial charge in [0.2, 0.25) is 0 Å². The van der Waals surface area contributed by atoms with Gasteiger partial charge in [0.1, 0.15) is 5.69 Å². The molecule has 0 N–H and O–H groups in total. The topological polar surface area (TPSA) is 12.9 Å². The second-order valence-electron chi connectivity index (χ2n) is 2.80. The van der Waals surface area contributed by atoms with E-state index < -0.39 is 11.9 Å². The van der Waals surface area contributed by atoms with Gasteiger partial charge in [-0.15, -0.1) is 0 Å². The molecule has 0 fully saturated rings. The number of rotatable bonds is 2. The molecular formula is C9H10F3N. The second-order valence-corrected chi connectivity index (χ2v) is 2.80. The highest BCUT2D eigenvalue weighted by atomic mass is 19.4. The third-order valence-corrected chi connectivity index (χ3v) is 1.65. The Labute approximate surface area is 74.6 Å². The van der Waals surface area contributed by atoms with Crippen LogP contribution in [0.2, 0.25) is 0 Å². The predicted octanol–water partition coefficient (Wildman–Crippen LogP) is 3.05. The predicted molar refractivity (Wildman–Crippen MR) is 43.2 cm³/mol. The van der Waals surface area contributed by atoms with Crippen molar-refractivity contribution in [1.82, 2.24) is 4.98 Å². The van der Waals surface area contributed by atoms with Crippen molar-refractivity contribution in [1.29, 1.82) is 0 Å². The van der Waals surface area contributed by atoms with Crippen LogP contribution in [0.25, 0.3) is 0 Å². The van der Waals surface area contributed by atoms with Crippen LogP contribution in [-0.2, 0) is 12.6 Å². The van der Waals surface area contributed by atoms with E-state index in [1.165, 1.54) is 12.3 Å². The number of hydrogen-bond donors (Lipinski definition) is 0. The molecule has 0 radical (unpaired) electrons. The van der Waals surface area contributed by atoms with Crippen molar-refractivity contribution in [3.63, 3.8) is 0 Å². The molecule has 0 aliphatic heterocycles. The Morgan fingerprint density at radius 2 is 2.00 bits per heavy atom. The third-order valence-electron chi connectivity index (χ3n) is 1.65. The summed E-state index contributed by atoms with van der Waals surface area (Å²) in [5, 5.41) is 0. The first kappa shape index (κ1) is 10.0. The molecule has 0 spiro atoms. The summed E-state index contributed by atoms with van der Waals surface area (Å²) in [4.78, 5) is 3.34. The van der Waals surface area contributed by atoms with Crippen LogP contribution in [0.15, 0.2) is 18.3 Å². The van der Waals surface area contributed by atoms with Gasteiger partial charge in [0.05, 0.1) is 0 Å². The molecular weight excluding hydrogens is 179 g/mol. The summed E-state index contributed by atoms with van der Waals surface area (Å²) in [6, 6.07) is 2.49. The van der Waals surface area contributed by atoms with Gasteiger partial charge in [0.15, 0.2) is 0 Å². The van der Waals surface area contributed by atoms with E-state index in [1.807, 2.05) is 6.92 Å². The summed E-state index contributed by atoms with van der Waals surface area (Å²) in [6.45, 7) is 1.97. The average molecular weight is 189 g/mol. The van der Waals surface area contributed by atoms with E-state index in [4.69, 9.17) is 0 Å². The van der Waals surface area contributed by atoms with Crippen molar-refractivity contribution in [2.75, 3.05) is 0 Å². The molecule has 4 heteroatoms. The molecule has 1 aromatic rings. The van der Waals surface area contributed by atoms with E-state index in [9.17, 15) is 13.2 Å². The molecule has 0 amide bonds. The fraction of sp³-hybridized carbons (Fsp3) is 0.444. The average Bonchev–Trinajstić information content (AvgIpc) is 2.04. The van der Waals surface area contributed by atoms with E-state index in [-0.39, 0.29) is 0 Å². The fourth-order valence-corrected chi connectivity index (χ4v) is 1.03. The Morgan fingerprint density at radius 1 is 1.31 bits per heavy atom. The zero-order valence-electron chi connectivity index (χ0n) is 7.23. The van der Waals surface area contributed by atoms with Crippen LogP contribution in [0.3, 0.4) is 0 Å². The molecule has 0 unspecified atom stereocenters. The molecule has 0 aliphatic rings. The van der Waals surface area contributed by atoms with Gasteiger partial charge in [-0.25, -0.2) is 0 Å². The lowest BCUT2D eigenvalue weighted by Crippen LogP contribution is -2.07. The first-order valence-electron chi connectivity index (χ1n) is 4.06. The Bertz CT molecular complexity index is 263. The summed E-state index contributed by atoms with van der Waals surface area (Å²) in [7, 11) is 0. The number of aryl methyl sites for hydroxylation is 1. The SMILES string of the molecule is CCCc1ccc(C(F)(F)F)nc1. The molecule has 0 aliphatic carbocycles. The van der Waals surface area contributed by atoms with Gasteiger partial charge < -0.3 is 0 Å². The third kappa shape index (κ3) is 2.72. The summed E-state index contributed by atoms with van der Waals surface area (Å²) in [5.41, 5.74) is 0.0165. The normalized spacial score (nSPS) is 11.7. The Hall–Kier alpha value is -1.06. The van der Waals surface area contributed by atoms with Gasteiger partial charge in [-0.1, -0.05) is 19.4 Å². The minimum Gasteiger partial charge on any atom is -0.252 e. The van der Waals surface area contributed by atoms with Crippen molar-refractivity contribution in [2.24, 2.45) is 0 Å². The standard InChI is InChI=1S/C9H10F3N/c1-2-3-7-4-5-8(13-6-7)9(10,11)12/h4-6H,2-3H2,1H3. The van der Waals surface area contributed by atoms with Crippen LogP contribution in [0, 0.1) is 0 Å². The van der Waals surface area contributed by atoms with Crippen LogP contribution in [-0.4, -0.2) is 4.98 Å². The molecule has 72 valence electrons. The molecule has 1 aromatic heterocycles. The van der Waals surface area contributed by atoms with Crippen molar-refractivity contribution in [2.45, 2.75) is 25.9 Å². The number of aromatic nitrogens is 1. The summed E-state index contributed by atoms with van der Waals surface area (Å²) in [6.07, 6.45) is -1.37. The molecule has 1 nitrogen and oxygen atoms in total. The van der Waals surface area contributed by atoms with E-state index in [0.29, 0.717) is 0 Å². The Morgan fingerprint density at radius 3 is 2.38 bits per heavy atom. The van der Waals surface area contributed by atoms with Crippen molar-refractivity contribution < 1.29 is 13.2 Å². The maximum absolute atomic E-state index is 12.0. The zero-order chi connectivity index (χ0) is 9.90. The number of halogens is 3. The zero-order valence-corrected chi connectivity index (χ0v) is 7.23. The summed E-state index contributed by atoms with van der Waals surface area (Å²) >= 11 is 0. The van der Waals surface area contributed by atoms with Crippen LogP contribution >= 0.6 is 0 Å². The first-order chi connectivity index (χ1) is 6.04. The van der Waals surface area contributed by atoms with E-state index in [2.05, 4.69) is 4.98 Å². The van der Waals surface area contributed by atoms with Crippen molar-refractivity contribution in [3.8, 4) is 0 Å². The van der Waals surface area contributed by atoms with E-state index >= 15 is 0 Å². The molecule has 0 bridgehead atoms. The van der Waals surface area contributed by atoms with Crippen LogP contribution in [0.4, 0.5) is 13.2 Å². The smallest absolute Gasteiger partial charge is 0.252 e. The Balaban J connectivity index is 2.81. The Kier molecular flexibility index (Phi) is 2.90. The monoisotopic (exact) mass is 189 g/mol. The minimum absolute atomic E-state index is 0.769. The van der Waals surface area contributed by atoms with Gasteiger partial charge in [0, 0.05) is 6.20 Å². The maximum atomic E-state index is 12.0. The highest BCUT2D eigenvalue weighted by molar-refractivity contribution is 5.15. The van der Waals surface area contributed by atoms with Crippen LogP contribution in [0.5, 0.6) is 0 Å². The quantitative estimate of drug-likeness (QED) is 0.696.